The Balaban J connectivity index is 2.37. The highest BCUT2D eigenvalue weighted by Gasteiger charge is 2.13. The number of hydrogen-bond donors (Lipinski definition) is 2. The summed E-state index contributed by atoms with van der Waals surface area (Å²) in [5.41, 5.74) is 14.4. The second-order valence-electron chi connectivity index (χ2n) is 5.35. The van der Waals surface area contributed by atoms with Crippen LogP contribution in [0.3, 0.4) is 0 Å². The van der Waals surface area contributed by atoms with Gasteiger partial charge in [-0.2, -0.15) is 0 Å². The minimum absolute atomic E-state index is 0.143. The van der Waals surface area contributed by atoms with Gasteiger partial charge in [-0.25, -0.2) is 9.97 Å². The molecular formula is C14H18N4. The van der Waals surface area contributed by atoms with Crippen molar-refractivity contribution in [2.75, 3.05) is 11.5 Å². The third kappa shape index (κ3) is 2.42. The first-order chi connectivity index (χ1) is 8.38. The van der Waals surface area contributed by atoms with Crippen LogP contribution >= 0.6 is 0 Å². The predicted molar refractivity (Wildman–Crippen MR) is 75.0 cm³/mol. The first kappa shape index (κ1) is 12.4. The lowest BCUT2D eigenvalue weighted by atomic mass is 9.86. The molecule has 0 aliphatic heterocycles. The van der Waals surface area contributed by atoms with Crippen LogP contribution in [0.1, 0.15) is 26.3 Å². The number of nitrogens with two attached hydrogens (primary N) is 2. The summed E-state index contributed by atoms with van der Waals surface area (Å²) in [6, 6.07) is 8.26. The summed E-state index contributed by atoms with van der Waals surface area (Å²) < 4.78 is 0. The molecule has 4 heteroatoms. The smallest absolute Gasteiger partial charge is 0.166 e. The van der Waals surface area contributed by atoms with Gasteiger partial charge < -0.3 is 11.5 Å². The number of rotatable bonds is 1. The standard InChI is InChI=1S/C14H18N4/c1-14(2,3)10-6-4-9(5-7-10)11-8-17-12(15)13(16)18-11/h4-8H,1-3H3,(H2,15,17)(H2,16,18). The van der Waals surface area contributed by atoms with Gasteiger partial charge >= 0.3 is 0 Å². The molecule has 0 atom stereocenters. The zero-order valence-corrected chi connectivity index (χ0v) is 10.9. The lowest BCUT2D eigenvalue weighted by molar-refractivity contribution is 0.590. The van der Waals surface area contributed by atoms with Crippen LogP contribution in [0.4, 0.5) is 11.6 Å². The van der Waals surface area contributed by atoms with Gasteiger partial charge in [-0.1, -0.05) is 45.0 Å². The molecule has 0 bridgehead atoms. The normalized spacial score (nSPS) is 11.5. The Morgan fingerprint density at radius 3 is 2.06 bits per heavy atom. The number of nitrogen functional groups attached to an aromatic ring is 2. The largest absolute Gasteiger partial charge is 0.381 e. The third-order valence-corrected chi connectivity index (χ3v) is 2.88. The molecule has 2 aromatic rings. The molecule has 94 valence electrons. The maximum Gasteiger partial charge on any atom is 0.166 e. The maximum absolute atomic E-state index is 5.66. The van der Waals surface area contributed by atoms with Gasteiger partial charge in [-0.05, 0) is 11.0 Å². The van der Waals surface area contributed by atoms with E-state index >= 15 is 0 Å². The Labute approximate surface area is 107 Å². The Morgan fingerprint density at radius 1 is 0.944 bits per heavy atom. The van der Waals surface area contributed by atoms with Crippen molar-refractivity contribution in [3.8, 4) is 11.3 Å². The van der Waals surface area contributed by atoms with Gasteiger partial charge in [0.05, 0.1) is 11.9 Å². The summed E-state index contributed by atoms with van der Waals surface area (Å²) in [6.07, 6.45) is 1.64. The molecule has 0 unspecified atom stereocenters. The second-order valence-corrected chi connectivity index (χ2v) is 5.35. The second kappa shape index (κ2) is 4.29. The van der Waals surface area contributed by atoms with Gasteiger partial charge in [0.25, 0.3) is 0 Å². The summed E-state index contributed by atoms with van der Waals surface area (Å²) in [6.45, 7) is 6.55. The topological polar surface area (TPSA) is 77.8 Å². The van der Waals surface area contributed by atoms with Crippen molar-refractivity contribution in [2.24, 2.45) is 0 Å². The highest BCUT2D eigenvalue weighted by molar-refractivity contribution is 5.64. The first-order valence-electron chi connectivity index (χ1n) is 5.87. The number of nitrogens with zero attached hydrogens (tertiary/aromatic N) is 2. The van der Waals surface area contributed by atoms with E-state index in [0.29, 0.717) is 0 Å². The summed E-state index contributed by atoms with van der Waals surface area (Å²) in [7, 11) is 0. The lowest BCUT2D eigenvalue weighted by Gasteiger charge is -2.19. The molecular weight excluding hydrogens is 224 g/mol. The van der Waals surface area contributed by atoms with Gasteiger partial charge in [0, 0.05) is 5.56 Å². The molecule has 18 heavy (non-hydrogen) atoms. The van der Waals surface area contributed by atoms with E-state index < -0.39 is 0 Å². The van der Waals surface area contributed by atoms with Crippen molar-refractivity contribution in [3.63, 3.8) is 0 Å². The molecule has 0 radical (unpaired) electrons. The van der Waals surface area contributed by atoms with Crippen LogP contribution in [0, 0.1) is 0 Å². The fourth-order valence-electron chi connectivity index (χ4n) is 1.69. The molecule has 0 amide bonds. The van der Waals surface area contributed by atoms with Gasteiger partial charge in [-0.3, -0.25) is 0 Å². The van der Waals surface area contributed by atoms with Crippen LogP contribution in [0.2, 0.25) is 0 Å². The minimum Gasteiger partial charge on any atom is -0.381 e. The Kier molecular flexibility index (Phi) is 2.95. The lowest BCUT2D eigenvalue weighted by Crippen LogP contribution is -2.10. The van der Waals surface area contributed by atoms with Crippen LogP contribution in [0.15, 0.2) is 30.5 Å². The van der Waals surface area contributed by atoms with Crippen molar-refractivity contribution in [1.82, 2.24) is 9.97 Å². The first-order valence-corrected chi connectivity index (χ1v) is 5.87. The molecule has 4 N–H and O–H groups in total. The van der Waals surface area contributed by atoms with Crippen LogP contribution < -0.4 is 11.5 Å². The number of anilines is 2. The third-order valence-electron chi connectivity index (χ3n) is 2.88. The Morgan fingerprint density at radius 2 is 1.56 bits per heavy atom. The average Bonchev–Trinajstić information content (AvgIpc) is 2.32. The molecule has 0 saturated heterocycles. The fourth-order valence-corrected chi connectivity index (χ4v) is 1.69. The summed E-state index contributed by atoms with van der Waals surface area (Å²) >= 11 is 0. The average molecular weight is 242 g/mol. The van der Waals surface area contributed by atoms with Crippen molar-refractivity contribution in [3.05, 3.63) is 36.0 Å². The van der Waals surface area contributed by atoms with E-state index in [1.807, 2.05) is 12.1 Å². The van der Waals surface area contributed by atoms with Crippen LogP contribution in [0.25, 0.3) is 11.3 Å². The molecule has 0 aliphatic rings. The van der Waals surface area contributed by atoms with Crippen LogP contribution in [0.5, 0.6) is 0 Å². The van der Waals surface area contributed by atoms with Gasteiger partial charge in [0.2, 0.25) is 0 Å². The molecule has 1 aromatic carbocycles. The highest BCUT2D eigenvalue weighted by Crippen LogP contribution is 2.25. The SMILES string of the molecule is CC(C)(C)c1ccc(-c2cnc(N)c(N)n2)cc1. The van der Waals surface area contributed by atoms with Crippen LogP contribution in [-0.4, -0.2) is 9.97 Å². The van der Waals surface area contributed by atoms with E-state index in [1.54, 1.807) is 6.20 Å². The van der Waals surface area contributed by atoms with E-state index in [4.69, 9.17) is 11.5 Å². The number of benzene rings is 1. The molecule has 0 saturated carbocycles. The van der Waals surface area contributed by atoms with Crippen molar-refractivity contribution >= 4 is 11.6 Å². The zero-order chi connectivity index (χ0) is 13.3. The maximum atomic E-state index is 5.66. The van der Waals surface area contributed by atoms with Crippen LogP contribution in [-0.2, 0) is 5.41 Å². The summed E-state index contributed by atoms with van der Waals surface area (Å²) in [5, 5.41) is 0. The van der Waals surface area contributed by atoms with Gasteiger partial charge in [0.15, 0.2) is 11.6 Å². The van der Waals surface area contributed by atoms with Crippen molar-refractivity contribution in [2.45, 2.75) is 26.2 Å². The number of aromatic nitrogens is 2. The monoisotopic (exact) mass is 242 g/mol. The van der Waals surface area contributed by atoms with Gasteiger partial charge in [-0.15, -0.1) is 0 Å². The molecule has 2 rings (SSSR count). The van der Waals surface area contributed by atoms with Crippen molar-refractivity contribution in [1.29, 1.82) is 0 Å². The van der Waals surface area contributed by atoms with Gasteiger partial charge in [0.1, 0.15) is 0 Å². The molecule has 0 fully saturated rings. The number of hydrogen-bond acceptors (Lipinski definition) is 4. The Bertz CT molecular complexity index is 553. The fraction of sp³-hybridized carbons (Fsp3) is 0.286. The van der Waals surface area contributed by atoms with E-state index in [2.05, 4.69) is 42.9 Å². The van der Waals surface area contributed by atoms with E-state index in [-0.39, 0.29) is 17.1 Å². The zero-order valence-electron chi connectivity index (χ0n) is 10.9. The molecule has 0 aliphatic carbocycles. The molecule has 0 spiro atoms. The summed E-state index contributed by atoms with van der Waals surface area (Å²) in [4.78, 5) is 8.24. The predicted octanol–water partition coefficient (Wildman–Crippen LogP) is 2.61. The Hall–Kier alpha value is -2.10. The molecule has 1 heterocycles. The van der Waals surface area contributed by atoms with E-state index in [1.165, 1.54) is 5.56 Å². The van der Waals surface area contributed by atoms with E-state index in [0.717, 1.165) is 11.3 Å². The minimum atomic E-state index is 0.143. The molecule has 4 nitrogen and oxygen atoms in total. The van der Waals surface area contributed by atoms with Crippen molar-refractivity contribution < 1.29 is 0 Å². The quantitative estimate of drug-likeness (QED) is 0.805. The van der Waals surface area contributed by atoms with E-state index in [9.17, 15) is 0 Å². The summed E-state index contributed by atoms with van der Waals surface area (Å²) in [5.74, 6) is 0.539. The highest BCUT2D eigenvalue weighted by atomic mass is 15.0. The molecule has 1 aromatic heterocycles.